The quantitative estimate of drug-likeness (QED) is 0.380. The molecule has 0 radical (unpaired) electrons. The molecule has 0 fully saturated rings. The largest absolute Gasteiger partial charge is 0.341 e. The van der Waals surface area contributed by atoms with Crippen LogP contribution in [0.3, 0.4) is 0 Å². The van der Waals surface area contributed by atoms with Crippen molar-refractivity contribution in [1.82, 2.24) is 24.4 Å². The Morgan fingerprint density at radius 3 is 2.14 bits per heavy atom. The van der Waals surface area contributed by atoms with Crippen molar-refractivity contribution in [2.45, 2.75) is 18.3 Å². The molecule has 0 saturated carbocycles. The van der Waals surface area contributed by atoms with Gasteiger partial charge in [0.15, 0.2) is 9.84 Å². The molecule has 9 heteroatoms. The number of imidazole rings is 2. The summed E-state index contributed by atoms with van der Waals surface area (Å²) in [6.45, 7) is -0.0708. The van der Waals surface area contributed by atoms with E-state index in [2.05, 4.69) is 10.3 Å². The monoisotopic (exact) mass is 487 g/mol. The summed E-state index contributed by atoms with van der Waals surface area (Å²) in [5.74, 6) is 0.520. The Balaban J connectivity index is 1.52. The van der Waals surface area contributed by atoms with Gasteiger partial charge in [0.25, 0.3) is 0 Å². The molecule has 35 heavy (non-hydrogen) atoms. The molecule has 0 aliphatic carbocycles. The molecular weight excluding hydrogens is 462 g/mol. The Kier molecular flexibility index (Phi) is 5.86. The first-order valence-electron chi connectivity index (χ1n) is 11.2. The van der Waals surface area contributed by atoms with E-state index in [1.54, 1.807) is 4.57 Å². The standard InChI is InChI=1S/C26H25N5O3S/c1-30-21-14-8-6-12-19(21)28-26(30)25(18-10-4-3-5-11-18)29-24(32)16-31-22-15-9-7-13-20(22)27-23(31)17-35(2,33)34/h3-15,25H,16-17H2,1-2H3,(H,29,32). The first-order valence-corrected chi connectivity index (χ1v) is 13.2. The van der Waals surface area contributed by atoms with Crippen LogP contribution in [0.15, 0.2) is 78.9 Å². The van der Waals surface area contributed by atoms with Crippen LogP contribution in [0.5, 0.6) is 0 Å². The number of benzene rings is 3. The molecule has 2 heterocycles. The van der Waals surface area contributed by atoms with E-state index >= 15 is 0 Å². The summed E-state index contributed by atoms with van der Waals surface area (Å²) >= 11 is 0. The minimum Gasteiger partial charge on any atom is -0.341 e. The highest BCUT2D eigenvalue weighted by atomic mass is 32.2. The highest BCUT2D eigenvalue weighted by Crippen LogP contribution is 2.25. The summed E-state index contributed by atoms with van der Waals surface area (Å²) in [4.78, 5) is 22.7. The lowest BCUT2D eigenvalue weighted by Gasteiger charge is -2.20. The average molecular weight is 488 g/mol. The molecule has 0 aliphatic heterocycles. The second-order valence-electron chi connectivity index (χ2n) is 8.60. The number of sulfone groups is 1. The lowest BCUT2D eigenvalue weighted by atomic mass is 10.1. The SMILES string of the molecule is Cn1c(C(NC(=O)Cn2c(CS(C)(=O)=O)nc3ccccc32)c2ccccc2)nc2ccccc21. The maximum absolute atomic E-state index is 13.4. The Hall–Kier alpha value is -3.98. The molecule has 2 aromatic heterocycles. The highest BCUT2D eigenvalue weighted by Gasteiger charge is 2.24. The van der Waals surface area contributed by atoms with Crippen LogP contribution in [0, 0.1) is 0 Å². The summed E-state index contributed by atoms with van der Waals surface area (Å²) in [6.07, 6.45) is 1.16. The second kappa shape index (κ2) is 8.99. The molecule has 3 aromatic carbocycles. The molecule has 0 bridgehead atoms. The first kappa shape index (κ1) is 22.8. The number of aromatic nitrogens is 4. The third kappa shape index (κ3) is 4.67. The molecule has 1 N–H and O–H groups in total. The summed E-state index contributed by atoms with van der Waals surface area (Å²) < 4.78 is 27.7. The summed E-state index contributed by atoms with van der Waals surface area (Å²) in [5, 5.41) is 3.12. The van der Waals surface area contributed by atoms with Gasteiger partial charge in [-0.15, -0.1) is 0 Å². The predicted molar refractivity (Wildman–Crippen MR) is 135 cm³/mol. The van der Waals surface area contributed by atoms with E-state index in [1.807, 2.05) is 90.5 Å². The number of hydrogen-bond donors (Lipinski definition) is 1. The van der Waals surface area contributed by atoms with Crippen molar-refractivity contribution in [2.75, 3.05) is 6.26 Å². The van der Waals surface area contributed by atoms with Crippen molar-refractivity contribution >= 4 is 37.8 Å². The van der Waals surface area contributed by atoms with Gasteiger partial charge in [-0.05, 0) is 29.8 Å². The van der Waals surface area contributed by atoms with Gasteiger partial charge in [-0.1, -0.05) is 54.6 Å². The summed E-state index contributed by atoms with van der Waals surface area (Å²) in [7, 11) is -1.41. The zero-order valence-electron chi connectivity index (χ0n) is 19.4. The minimum absolute atomic E-state index is 0.0708. The number of carbonyl (C=O) groups excluding carboxylic acids is 1. The van der Waals surface area contributed by atoms with Crippen LogP contribution >= 0.6 is 0 Å². The molecule has 0 saturated heterocycles. The highest BCUT2D eigenvalue weighted by molar-refractivity contribution is 7.89. The zero-order valence-corrected chi connectivity index (χ0v) is 20.2. The number of hydrogen-bond acceptors (Lipinski definition) is 5. The third-order valence-electron chi connectivity index (χ3n) is 5.94. The molecule has 1 atom stereocenters. The van der Waals surface area contributed by atoms with Crippen molar-refractivity contribution in [1.29, 1.82) is 0 Å². The predicted octanol–water partition coefficient (Wildman–Crippen LogP) is 3.37. The summed E-state index contributed by atoms with van der Waals surface area (Å²) in [6, 6.07) is 24.3. The Bertz CT molecular complexity index is 1640. The van der Waals surface area contributed by atoms with Gasteiger partial charge in [0.1, 0.15) is 30.0 Å². The molecule has 0 aliphatic rings. The number of rotatable bonds is 7. The molecular formula is C26H25N5O3S. The third-order valence-corrected chi connectivity index (χ3v) is 6.73. The second-order valence-corrected chi connectivity index (χ2v) is 10.7. The number of carbonyl (C=O) groups is 1. The molecule has 5 aromatic rings. The molecule has 0 spiro atoms. The van der Waals surface area contributed by atoms with Gasteiger partial charge in [0.2, 0.25) is 5.91 Å². The van der Waals surface area contributed by atoms with Crippen LogP contribution in [0.4, 0.5) is 0 Å². The summed E-state index contributed by atoms with van der Waals surface area (Å²) in [5.41, 5.74) is 4.06. The van der Waals surface area contributed by atoms with Gasteiger partial charge in [0.05, 0.1) is 22.1 Å². The van der Waals surface area contributed by atoms with Crippen molar-refractivity contribution in [2.24, 2.45) is 7.05 Å². The smallest absolute Gasteiger partial charge is 0.240 e. The Morgan fingerprint density at radius 1 is 0.886 bits per heavy atom. The van der Waals surface area contributed by atoms with Crippen LogP contribution in [-0.2, 0) is 34.0 Å². The van der Waals surface area contributed by atoms with E-state index in [4.69, 9.17) is 4.98 Å². The fourth-order valence-electron chi connectivity index (χ4n) is 4.36. The van der Waals surface area contributed by atoms with Gasteiger partial charge < -0.3 is 14.5 Å². The number of fused-ring (bicyclic) bond motifs is 2. The van der Waals surface area contributed by atoms with E-state index in [0.29, 0.717) is 22.7 Å². The van der Waals surface area contributed by atoms with Gasteiger partial charge in [-0.2, -0.15) is 0 Å². The van der Waals surface area contributed by atoms with Crippen molar-refractivity contribution < 1.29 is 13.2 Å². The van der Waals surface area contributed by atoms with Crippen LogP contribution in [0.2, 0.25) is 0 Å². The normalized spacial score (nSPS) is 12.7. The molecule has 178 valence electrons. The van der Waals surface area contributed by atoms with Crippen molar-refractivity contribution in [3.63, 3.8) is 0 Å². The molecule has 1 amide bonds. The number of nitrogens with zero attached hydrogens (tertiary/aromatic N) is 4. The van der Waals surface area contributed by atoms with Gasteiger partial charge in [-0.25, -0.2) is 18.4 Å². The number of amides is 1. The molecule has 5 rings (SSSR count). The van der Waals surface area contributed by atoms with Crippen LogP contribution in [0.1, 0.15) is 23.3 Å². The molecule has 1 unspecified atom stereocenters. The number of aryl methyl sites for hydroxylation is 1. The first-order chi connectivity index (χ1) is 16.8. The zero-order chi connectivity index (χ0) is 24.6. The maximum Gasteiger partial charge on any atom is 0.240 e. The minimum atomic E-state index is -3.34. The topological polar surface area (TPSA) is 98.9 Å². The Morgan fingerprint density at radius 2 is 1.49 bits per heavy atom. The lowest BCUT2D eigenvalue weighted by Crippen LogP contribution is -2.34. The van der Waals surface area contributed by atoms with Crippen LogP contribution in [-0.4, -0.2) is 39.7 Å². The number of nitrogens with one attached hydrogen (secondary N) is 1. The van der Waals surface area contributed by atoms with Crippen molar-refractivity contribution in [3.05, 3.63) is 96.1 Å². The van der Waals surface area contributed by atoms with E-state index in [-0.39, 0.29) is 18.2 Å². The van der Waals surface area contributed by atoms with Gasteiger partial charge >= 0.3 is 0 Å². The van der Waals surface area contributed by atoms with E-state index in [0.717, 1.165) is 22.9 Å². The molecule has 8 nitrogen and oxygen atoms in total. The fourth-order valence-corrected chi connectivity index (χ4v) is 5.05. The van der Waals surface area contributed by atoms with E-state index in [1.165, 1.54) is 0 Å². The fraction of sp³-hybridized carbons (Fsp3) is 0.192. The maximum atomic E-state index is 13.4. The van der Waals surface area contributed by atoms with Gasteiger partial charge in [-0.3, -0.25) is 4.79 Å². The lowest BCUT2D eigenvalue weighted by molar-refractivity contribution is -0.122. The Labute approximate surface area is 203 Å². The van der Waals surface area contributed by atoms with E-state index in [9.17, 15) is 13.2 Å². The van der Waals surface area contributed by atoms with Crippen LogP contribution < -0.4 is 5.32 Å². The van der Waals surface area contributed by atoms with E-state index < -0.39 is 15.9 Å². The number of para-hydroxylation sites is 4. The van der Waals surface area contributed by atoms with Crippen molar-refractivity contribution in [3.8, 4) is 0 Å². The van der Waals surface area contributed by atoms with Gasteiger partial charge in [0, 0.05) is 13.3 Å². The van der Waals surface area contributed by atoms with Crippen LogP contribution in [0.25, 0.3) is 22.1 Å². The average Bonchev–Trinajstić information content (AvgIpc) is 3.34.